The summed E-state index contributed by atoms with van der Waals surface area (Å²) in [6.07, 6.45) is 0.101. The van der Waals surface area contributed by atoms with E-state index in [-0.39, 0.29) is 11.5 Å². The summed E-state index contributed by atoms with van der Waals surface area (Å²) in [5.41, 5.74) is 0.996. The lowest BCUT2D eigenvalue weighted by Crippen LogP contribution is -2.05. The molecule has 1 aromatic heterocycles. The van der Waals surface area contributed by atoms with Crippen molar-refractivity contribution in [1.29, 1.82) is 0 Å². The minimum Gasteiger partial charge on any atom is -0.496 e. The quantitative estimate of drug-likeness (QED) is 0.674. The number of methoxy groups -OCH3 is 1. The maximum absolute atomic E-state index is 12.5. The SMILES string of the molecule is COc1cc(Cl)cc2oc(-c3ccc(OC(C)C)cc3)cc(=O)c12. The van der Waals surface area contributed by atoms with Crippen LogP contribution in [0.1, 0.15) is 13.8 Å². The molecule has 1 heterocycles. The van der Waals surface area contributed by atoms with Crippen molar-refractivity contribution >= 4 is 22.6 Å². The van der Waals surface area contributed by atoms with Gasteiger partial charge >= 0.3 is 0 Å². The zero-order valence-electron chi connectivity index (χ0n) is 13.6. The molecule has 0 bridgehead atoms. The Morgan fingerprint density at radius 2 is 1.79 bits per heavy atom. The molecule has 124 valence electrons. The number of benzene rings is 2. The van der Waals surface area contributed by atoms with Gasteiger partial charge in [0.15, 0.2) is 5.43 Å². The van der Waals surface area contributed by atoms with Gasteiger partial charge in [-0.1, -0.05) is 11.6 Å². The van der Waals surface area contributed by atoms with Gasteiger partial charge in [0.25, 0.3) is 0 Å². The van der Waals surface area contributed by atoms with Crippen LogP contribution in [0.4, 0.5) is 0 Å². The summed E-state index contributed by atoms with van der Waals surface area (Å²) in [7, 11) is 1.49. The normalized spacial score (nSPS) is 11.0. The largest absolute Gasteiger partial charge is 0.496 e. The van der Waals surface area contributed by atoms with Crippen LogP contribution in [0, 0.1) is 0 Å². The highest BCUT2D eigenvalue weighted by molar-refractivity contribution is 6.31. The van der Waals surface area contributed by atoms with E-state index in [1.165, 1.54) is 13.2 Å². The average Bonchev–Trinajstić information content (AvgIpc) is 2.53. The Balaban J connectivity index is 2.09. The van der Waals surface area contributed by atoms with Crippen LogP contribution < -0.4 is 14.9 Å². The lowest BCUT2D eigenvalue weighted by molar-refractivity contribution is 0.242. The van der Waals surface area contributed by atoms with Gasteiger partial charge in [-0.3, -0.25) is 4.79 Å². The fourth-order valence-corrected chi connectivity index (χ4v) is 2.69. The van der Waals surface area contributed by atoms with Crippen molar-refractivity contribution in [2.24, 2.45) is 0 Å². The molecule has 0 N–H and O–H groups in total. The van der Waals surface area contributed by atoms with Crippen LogP contribution in [-0.2, 0) is 0 Å². The van der Waals surface area contributed by atoms with E-state index in [1.54, 1.807) is 12.1 Å². The number of hydrogen-bond acceptors (Lipinski definition) is 4. The van der Waals surface area contributed by atoms with E-state index in [1.807, 2.05) is 38.1 Å². The van der Waals surface area contributed by atoms with E-state index in [0.29, 0.717) is 27.5 Å². The summed E-state index contributed by atoms with van der Waals surface area (Å²) < 4.78 is 16.7. The Kier molecular flexibility index (Phi) is 4.49. The average molecular weight is 345 g/mol. The molecule has 0 aliphatic rings. The van der Waals surface area contributed by atoms with Crippen LogP contribution >= 0.6 is 11.6 Å². The molecule has 0 radical (unpaired) electrons. The smallest absolute Gasteiger partial charge is 0.197 e. The molecule has 0 spiro atoms. The van der Waals surface area contributed by atoms with E-state index < -0.39 is 0 Å². The summed E-state index contributed by atoms with van der Waals surface area (Å²) in [6, 6.07) is 12.1. The molecule has 0 saturated carbocycles. The van der Waals surface area contributed by atoms with Crippen LogP contribution in [0.25, 0.3) is 22.3 Å². The lowest BCUT2D eigenvalue weighted by atomic mass is 10.1. The predicted molar refractivity (Wildman–Crippen MR) is 95.2 cm³/mol. The van der Waals surface area contributed by atoms with Crippen molar-refractivity contribution < 1.29 is 13.9 Å². The lowest BCUT2D eigenvalue weighted by Gasteiger charge is -2.10. The molecule has 24 heavy (non-hydrogen) atoms. The van der Waals surface area contributed by atoms with E-state index in [0.717, 1.165) is 11.3 Å². The molecule has 0 aliphatic carbocycles. The Hall–Kier alpha value is -2.46. The first-order valence-electron chi connectivity index (χ1n) is 7.56. The molecule has 4 nitrogen and oxygen atoms in total. The first-order chi connectivity index (χ1) is 11.5. The summed E-state index contributed by atoms with van der Waals surface area (Å²) in [6.45, 7) is 3.93. The summed E-state index contributed by atoms with van der Waals surface area (Å²) in [5, 5.41) is 0.825. The molecule has 0 amide bonds. The van der Waals surface area contributed by atoms with E-state index in [4.69, 9.17) is 25.5 Å². The molecule has 3 aromatic rings. The van der Waals surface area contributed by atoms with Gasteiger partial charge in [-0.15, -0.1) is 0 Å². The minimum atomic E-state index is -0.178. The second kappa shape index (κ2) is 6.57. The Morgan fingerprint density at radius 1 is 1.08 bits per heavy atom. The topological polar surface area (TPSA) is 48.7 Å². The molecule has 0 aliphatic heterocycles. The van der Waals surface area contributed by atoms with Crippen molar-refractivity contribution in [3.8, 4) is 22.8 Å². The van der Waals surface area contributed by atoms with Gasteiger partial charge < -0.3 is 13.9 Å². The fraction of sp³-hybridized carbons (Fsp3) is 0.211. The third-order valence-corrected chi connectivity index (χ3v) is 3.71. The molecule has 3 rings (SSSR count). The van der Waals surface area contributed by atoms with Crippen LogP contribution in [-0.4, -0.2) is 13.2 Å². The fourth-order valence-electron chi connectivity index (χ4n) is 2.49. The molecule has 5 heteroatoms. The van der Waals surface area contributed by atoms with Crippen molar-refractivity contribution in [2.75, 3.05) is 7.11 Å². The van der Waals surface area contributed by atoms with Gasteiger partial charge in [-0.05, 0) is 44.2 Å². The number of fused-ring (bicyclic) bond motifs is 1. The van der Waals surface area contributed by atoms with Gasteiger partial charge in [-0.2, -0.15) is 0 Å². The molecule has 0 atom stereocenters. The maximum atomic E-state index is 12.5. The van der Waals surface area contributed by atoms with Crippen LogP contribution in [0.2, 0.25) is 5.02 Å². The van der Waals surface area contributed by atoms with E-state index >= 15 is 0 Å². The monoisotopic (exact) mass is 344 g/mol. The summed E-state index contributed by atoms with van der Waals surface area (Å²) >= 11 is 6.06. The van der Waals surface area contributed by atoms with Crippen LogP contribution in [0.15, 0.2) is 51.7 Å². The zero-order valence-corrected chi connectivity index (χ0v) is 14.4. The number of halogens is 1. The molecule has 0 fully saturated rings. The Labute approximate surface area is 144 Å². The summed E-state index contributed by atoms with van der Waals surface area (Å²) in [5.74, 6) is 1.63. The third-order valence-electron chi connectivity index (χ3n) is 3.49. The third kappa shape index (κ3) is 3.24. The zero-order chi connectivity index (χ0) is 17.3. The standard InChI is InChI=1S/C19H17ClO4/c1-11(2)23-14-6-4-12(5-7-14)16-10-15(21)19-17(22-3)8-13(20)9-18(19)24-16/h4-11H,1-3H3. The second-order valence-electron chi connectivity index (χ2n) is 5.65. The van der Waals surface area contributed by atoms with E-state index in [9.17, 15) is 4.79 Å². The van der Waals surface area contributed by atoms with Crippen molar-refractivity contribution in [1.82, 2.24) is 0 Å². The van der Waals surface area contributed by atoms with Gasteiger partial charge in [0, 0.05) is 22.7 Å². The van der Waals surface area contributed by atoms with Crippen LogP contribution in [0.5, 0.6) is 11.5 Å². The van der Waals surface area contributed by atoms with Crippen LogP contribution in [0.3, 0.4) is 0 Å². The molecule has 2 aromatic carbocycles. The number of rotatable bonds is 4. The molecule has 0 saturated heterocycles. The highest BCUT2D eigenvalue weighted by Gasteiger charge is 2.13. The predicted octanol–water partition coefficient (Wildman–Crippen LogP) is 4.91. The Morgan fingerprint density at radius 3 is 2.42 bits per heavy atom. The van der Waals surface area contributed by atoms with Gasteiger partial charge in [0.05, 0.1) is 13.2 Å². The molecular weight excluding hydrogens is 328 g/mol. The van der Waals surface area contributed by atoms with Gasteiger partial charge in [0.1, 0.15) is 28.2 Å². The van der Waals surface area contributed by atoms with Crippen molar-refractivity contribution in [3.63, 3.8) is 0 Å². The molecular formula is C19H17ClO4. The second-order valence-corrected chi connectivity index (χ2v) is 6.08. The van der Waals surface area contributed by atoms with Gasteiger partial charge in [0.2, 0.25) is 0 Å². The first kappa shape index (κ1) is 16.4. The number of hydrogen-bond donors (Lipinski definition) is 0. The first-order valence-corrected chi connectivity index (χ1v) is 7.94. The minimum absolute atomic E-state index is 0.101. The van der Waals surface area contributed by atoms with E-state index in [2.05, 4.69) is 0 Å². The highest BCUT2D eigenvalue weighted by atomic mass is 35.5. The molecule has 0 unspecified atom stereocenters. The summed E-state index contributed by atoms with van der Waals surface area (Å²) in [4.78, 5) is 12.5. The van der Waals surface area contributed by atoms with Crippen molar-refractivity contribution in [3.05, 3.63) is 57.7 Å². The number of ether oxygens (including phenoxy) is 2. The maximum Gasteiger partial charge on any atom is 0.197 e. The van der Waals surface area contributed by atoms with Gasteiger partial charge in [-0.25, -0.2) is 0 Å². The highest BCUT2D eigenvalue weighted by Crippen LogP contribution is 2.31. The Bertz CT molecular complexity index is 926. The van der Waals surface area contributed by atoms with Crippen molar-refractivity contribution in [2.45, 2.75) is 20.0 Å².